The fourth-order valence-electron chi connectivity index (χ4n) is 7.81. The van der Waals surface area contributed by atoms with Gasteiger partial charge in [-0.3, -0.25) is 4.90 Å². The average Bonchev–Trinajstić information content (AvgIpc) is 3.17. The molecule has 0 radical (unpaired) electrons. The van der Waals surface area contributed by atoms with Crippen LogP contribution in [0.15, 0.2) is 97.1 Å². The van der Waals surface area contributed by atoms with Gasteiger partial charge in [0.15, 0.2) is 23.1 Å². The molecule has 1 N–H and O–H groups in total. The summed E-state index contributed by atoms with van der Waals surface area (Å²) in [7, 11) is 0. The summed E-state index contributed by atoms with van der Waals surface area (Å²) in [5.41, 5.74) is 3.35. The molecule has 54 heavy (non-hydrogen) atoms. The molecule has 4 saturated heterocycles. The molecule has 4 fully saturated rings. The Morgan fingerprint density at radius 2 is 1.02 bits per heavy atom. The van der Waals surface area contributed by atoms with Crippen LogP contribution in [0.5, 0.6) is 11.5 Å². The van der Waals surface area contributed by atoms with E-state index in [9.17, 15) is 8.78 Å². The van der Waals surface area contributed by atoms with Crippen LogP contribution in [0.25, 0.3) is 0 Å². The number of para-hydroxylation sites is 2. The highest BCUT2D eigenvalue weighted by molar-refractivity contribution is 9.09. The number of hydrogen-bond acceptors (Lipinski definition) is 6. The summed E-state index contributed by atoms with van der Waals surface area (Å²) in [5, 5.41) is 5.76. The van der Waals surface area contributed by atoms with Crippen LogP contribution in [0.2, 0.25) is 10.0 Å². The van der Waals surface area contributed by atoms with Crippen LogP contribution >= 0.6 is 51.5 Å². The number of benzene rings is 4. The molecule has 6 nitrogen and oxygen atoms in total. The van der Waals surface area contributed by atoms with Crippen LogP contribution in [0.1, 0.15) is 38.5 Å². The van der Waals surface area contributed by atoms with Crippen LogP contribution in [0.4, 0.5) is 20.2 Å². The average molecular weight is 867 g/mol. The molecule has 4 aliphatic rings. The molecule has 0 aromatic heterocycles. The lowest BCUT2D eigenvalue weighted by molar-refractivity contribution is 0.103. The van der Waals surface area contributed by atoms with Gasteiger partial charge in [-0.1, -0.05) is 63.4 Å². The van der Waals surface area contributed by atoms with E-state index < -0.39 is 0 Å². The SMILES string of the molecule is Cl.Clc1ccc(N2CCC23CCNCC3)cc1.Fc1ccccc1OCCBr.Fc1ccccc1OCCN1CCC2(CC1)CCN2c1ccc(Cl)cc1. The summed E-state index contributed by atoms with van der Waals surface area (Å²) in [5.74, 6) is 0.0486. The van der Waals surface area contributed by atoms with E-state index in [0.29, 0.717) is 41.1 Å². The largest absolute Gasteiger partial charge is 0.490 e. The van der Waals surface area contributed by atoms with Crippen molar-refractivity contribution in [1.29, 1.82) is 0 Å². The fourth-order valence-corrected chi connectivity index (χ4v) is 8.22. The zero-order valence-corrected chi connectivity index (χ0v) is 34.4. The molecule has 12 heteroatoms. The van der Waals surface area contributed by atoms with E-state index in [-0.39, 0.29) is 24.0 Å². The normalized spacial score (nSPS) is 18.2. The Bertz CT molecular complexity index is 1730. The summed E-state index contributed by atoms with van der Waals surface area (Å²) in [4.78, 5) is 7.52. The molecular weight excluding hydrogens is 817 g/mol. The molecule has 2 spiro atoms. The fraction of sp³-hybridized carbons (Fsp3) is 0.429. The number of anilines is 2. The summed E-state index contributed by atoms with van der Waals surface area (Å²) >= 11 is 15.1. The van der Waals surface area contributed by atoms with Gasteiger partial charge in [-0.05, 0) is 124 Å². The number of nitrogens with one attached hydrogen (secondary N) is 1. The smallest absolute Gasteiger partial charge is 0.165 e. The van der Waals surface area contributed by atoms with Gasteiger partial charge in [0.05, 0.1) is 6.61 Å². The molecule has 0 aliphatic carbocycles. The van der Waals surface area contributed by atoms with Gasteiger partial charge >= 0.3 is 0 Å². The third-order valence-electron chi connectivity index (χ3n) is 11.0. The van der Waals surface area contributed by atoms with Crippen molar-refractivity contribution in [2.24, 2.45) is 0 Å². The molecule has 0 unspecified atom stereocenters. The van der Waals surface area contributed by atoms with Crippen LogP contribution in [0.3, 0.4) is 0 Å². The second kappa shape index (κ2) is 20.4. The van der Waals surface area contributed by atoms with Gasteiger partial charge in [0.25, 0.3) is 0 Å². The number of alkyl halides is 1. The predicted octanol–water partition coefficient (Wildman–Crippen LogP) is 10.3. The number of piperidine rings is 2. The summed E-state index contributed by atoms with van der Waals surface area (Å²) in [6.45, 7) is 8.60. The molecular formula is C42H50BrCl3F2N4O2. The summed E-state index contributed by atoms with van der Waals surface area (Å²) in [6.07, 6.45) is 7.47. The van der Waals surface area contributed by atoms with E-state index in [4.69, 9.17) is 32.7 Å². The minimum atomic E-state index is -0.312. The Labute approximate surface area is 343 Å². The lowest BCUT2D eigenvalue weighted by atomic mass is 9.76. The number of rotatable bonds is 9. The Kier molecular flexibility index (Phi) is 16.0. The summed E-state index contributed by atoms with van der Waals surface area (Å²) < 4.78 is 37.0. The van der Waals surface area contributed by atoms with Gasteiger partial charge in [0, 0.05) is 70.6 Å². The lowest BCUT2D eigenvalue weighted by Gasteiger charge is -2.58. The zero-order chi connectivity index (χ0) is 37.1. The van der Waals surface area contributed by atoms with E-state index in [1.54, 1.807) is 36.4 Å². The van der Waals surface area contributed by atoms with Gasteiger partial charge in [0.2, 0.25) is 0 Å². The van der Waals surface area contributed by atoms with Crippen LogP contribution in [0, 0.1) is 11.6 Å². The Morgan fingerprint density at radius 3 is 1.44 bits per heavy atom. The highest BCUT2D eigenvalue weighted by Crippen LogP contribution is 2.44. The number of ether oxygens (including phenoxy) is 2. The van der Waals surface area contributed by atoms with Crippen molar-refractivity contribution < 1.29 is 18.3 Å². The van der Waals surface area contributed by atoms with Crippen molar-refractivity contribution >= 4 is 62.9 Å². The summed E-state index contributed by atoms with van der Waals surface area (Å²) in [6, 6.07) is 29.4. The molecule has 8 rings (SSSR count). The van der Waals surface area contributed by atoms with Crippen LogP contribution < -0.4 is 24.6 Å². The molecule has 0 saturated carbocycles. The van der Waals surface area contributed by atoms with E-state index in [1.807, 2.05) is 24.3 Å². The maximum Gasteiger partial charge on any atom is 0.165 e. The van der Waals surface area contributed by atoms with Crippen LogP contribution in [-0.4, -0.2) is 80.3 Å². The van der Waals surface area contributed by atoms with E-state index >= 15 is 0 Å². The third-order valence-corrected chi connectivity index (χ3v) is 11.8. The Balaban J connectivity index is 0.000000171. The monoisotopic (exact) mass is 864 g/mol. The van der Waals surface area contributed by atoms with Crippen molar-refractivity contribution in [2.45, 2.75) is 49.6 Å². The third kappa shape index (κ3) is 10.7. The maximum atomic E-state index is 13.6. The quantitative estimate of drug-likeness (QED) is 0.169. The highest BCUT2D eigenvalue weighted by atomic mass is 79.9. The lowest BCUT2D eigenvalue weighted by Crippen LogP contribution is -2.64. The minimum Gasteiger partial charge on any atom is -0.490 e. The predicted molar refractivity (Wildman–Crippen MR) is 225 cm³/mol. The first-order valence-electron chi connectivity index (χ1n) is 18.6. The molecule has 4 aromatic carbocycles. The van der Waals surface area contributed by atoms with Gasteiger partial charge in [-0.15, -0.1) is 12.4 Å². The van der Waals surface area contributed by atoms with Crippen LogP contribution in [-0.2, 0) is 0 Å². The first kappa shape index (κ1) is 42.4. The molecule has 4 aliphatic heterocycles. The van der Waals surface area contributed by atoms with Gasteiger partial charge in [-0.25, -0.2) is 8.78 Å². The van der Waals surface area contributed by atoms with Gasteiger partial charge in [-0.2, -0.15) is 0 Å². The Hall–Kier alpha value is -2.79. The second-order valence-electron chi connectivity index (χ2n) is 14.0. The van der Waals surface area contributed by atoms with Gasteiger partial charge < -0.3 is 24.6 Å². The first-order valence-corrected chi connectivity index (χ1v) is 20.5. The first-order chi connectivity index (χ1) is 25.8. The number of halogens is 6. The zero-order valence-electron chi connectivity index (χ0n) is 30.5. The number of nitrogens with zero attached hydrogens (tertiary/aromatic N) is 3. The van der Waals surface area contributed by atoms with Gasteiger partial charge in [0.1, 0.15) is 6.61 Å². The second-order valence-corrected chi connectivity index (χ2v) is 15.7. The topological polar surface area (TPSA) is 40.2 Å². The molecule has 4 aromatic rings. The molecule has 0 amide bonds. The maximum absolute atomic E-state index is 13.6. The molecule has 0 atom stereocenters. The van der Waals surface area contributed by atoms with Crippen molar-refractivity contribution in [2.75, 3.05) is 74.2 Å². The molecule has 4 heterocycles. The molecule has 292 valence electrons. The van der Waals surface area contributed by atoms with Crippen molar-refractivity contribution in [1.82, 2.24) is 10.2 Å². The van der Waals surface area contributed by atoms with Crippen molar-refractivity contribution in [3.8, 4) is 11.5 Å². The molecule has 0 bridgehead atoms. The standard InChI is InChI=1S/C21H24ClFN2O.C13H17ClN2.C8H8BrFO.ClH/c22-17-5-7-18(8-6-17)25-14-11-21(25)9-12-24(13-10-21)15-16-26-20-4-2-1-3-19(20)23;14-11-1-3-12(4-2-11)16-10-7-13(16)5-8-15-9-6-13;9-5-6-11-8-4-2-1-3-7(8)10;/h1-8H,9-16H2;1-4,15H,5-10H2;1-4H,5-6H2;1H. The highest BCUT2D eigenvalue weighted by Gasteiger charge is 2.46. The minimum absolute atomic E-state index is 0. The van der Waals surface area contributed by atoms with E-state index in [0.717, 1.165) is 62.2 Å². The van der Waals surface area contributed by atoms with E-state index in [2.05, 4.69) is 60.2 Å². The van der Waals surface area contributed by atoms with Crippen molar-refractivity contribution in [3.63, 3.8) is 0 Å². The Morgan fingerprint density at radius 1 is 0.593 bits per heavy atom. The van der Waals surface area contributed by atoms with E-state index in [1.165, 1.54) is 55.7 Å². The number of hydrogen-bond donors (Lipinski definition) is 1. The number of likely N-dealkylation sites (tertiary alicyclic amines) is 1. The van der Waals surface area contributed by atoms with Crippen molar-refractivity contribution in [3.05, 3.63) is 119 Å².